The van der Waals surface area contributed by atoms with Crippen molar-refractivity contribution in [3.63, 3.8) is 0 Å². The molecule has 1 unspecified atom stereocenters. The lowest BCUT2D eigenvalue weighted by atomic mass is 10.0. The molecule has 0 radical (unpaired) electrons. The van der Waals surface area contributed by atoms with E-state index in [1.807, 2.05) is 11.8 Å². The van der Waals surface area contributed by atoms with Crippen LogP contribution < -0.4 is 5.32 Å². The van der Waals surface area contributed by atoms with Crippen LogP contribution >= 0.6 is 11.8 Å². The average Bonchev–Trinajstić information content (AvgIpc) is 2.76. The summed E-state index contributed by atoms with van der Waals surface area (Å²) in [5, 5.41) is 4.67. The Balaban J connectivity index is 1.75. The first kappa shape index (κ1) is 12.2. The maximum absolute atomic E-state index is 5.35. The average molecular weight is 242 g/mol. The minimum Gasteiger partial charge on any atom is -0.381 e. The molecule has 1 N–H and O–H groups in total. The van der Waals surface area contributed by atoms with Gasteiger partial charge in [0.15, 0.2) is 5.17 Å². The van der Waals surface area contributed by atoms with Crippen molar-refractivity contribution in [2.75, 3.05) is 25.5 Å². The summed E-state index contributed by atoms with van der Waals surface area (Å²) in [6.07, 6.45) is 2.35. The third kappa shape index (κ3) is 3.39. The summed E-state index contributed by atoms with van der Waals surface area (Å²) in [4.78, 5) is 4.69. The van der Waals surface area contributed by atoms with Crippen molar-refractivity contribution in [3.8, 4) is 0 Å². The zero-order valence-corrected chi connectivity index (χ0v) is 11.1. The maximum atomic E-state index is 5.35. The molecule has 2 saturated heterocycles. The molecular formula is C12H22N2OS. The van der Waals surface area contributed by atoms with Crippen LogP contribution in [0.5, 0.6) is 0 Å². The smallest absolute Gasteiger partial charge is 0.156 e. The van der Waals surface area contributed by atoms with Gasteiger partial charge in [0.2, 0.25) is 0 Å². The van der Waals surface area contributed by atoms with Gasteiger partial charge >= 0.3 is 0 Å². The highest BCUT2D eigenvalue weighted by Gasteiger charge is 2.23. The Kier molecular flexibility index (Phi) is 4.53. The zero-order chi connectivity index (χ0) is 11.4. The number of hydrogen-bond acceptors (Lipinski definition) is 3. The first-order chi connectivity index (χ1) is 7.75. The number of rotatable bonds is 3. The first-order valence-corrected chi connectivity index (χ1v) is 7.26. The summed E-state index contributed by atoms with van der Waals surface area (Å²) in [6.45, 7) is 7.35. The molecule has 2 rings (SSSR count). The largest absolute Gasteiger partial charge is 0.381 e. The molecular weight excluding hydrogens is 220 g/mol. The lowest BCUT2D eigenvalue weighted by molar-refractivity contribution is 0.0689. The fourth-order valence-electron chi connectivity index (χ4n) is 2.00. The maximum Gasteiger partial charge on any atom is 0.156 e. The third-order valence-electron chi connectivity index (χ3n) is 3.35. The van der Waals surface area contributed by atoms with Crippen LogP contribution in [0.1, 0.15) is 26.7 Å². The van der Waals surface area contributed by atoms with Gasteiger partial charge in [0, 0.05) is 31.6 Å². The number of hydrogen-bond donors (Lipinski definition) is 1. The Morgan fingerprint density at radius 2 is 2.19 bits per heavy atom. The Bertz CT molecular complexity index is 249. The Labute approximate surface area is 102 Å². The Morgan fingerprint density at radius 1 is 1.44 bits per heavy atom. The van der Waals surface area contributed by atoms with E-state index in [2.05, 4.69) is 19.2 Å². The van der Waals surface area contributed by atoms with Gasteiger partial charge in [-0.3, -0.25) is 4.99 Å². The number of nitrogens with zero attached hydrogens (tertiary/aromatic N) is 1. The Hall–Kier alpha value is -0.220. The topological polar surface area (TPSA) is 33.6 Å². The number of nitrogens with one attached hydrogen (secondary N) is 1. The van der Waals surface area contributed by atoms with Gasteiger partial charge in [0.1, 0.15) is 0 Å². The van der Waals surface area contributed by atoms with E-state index in [1.165, 1.54) is 18.6 Å². The van der Waals surface area contributed by atoms with Crippen LogP contribution in [0.3, 0.4) is 0 Å². The van der Waals surface area contributed by atoms with E-state index in [1.54, 1.807) is 0 Å². The predicted molar refractivity (Wildman–Crippen MR) is 70.1 cm³/mol. The Morgan fingerprint density at radius 3 is 2.81 bits per heavy atom. The van der Waals surface area contributed by atoms with Crippen LogP contribution in [0, 0.1) is 11.8 Å². The van der Waals surface area contributed by atoms with Gasteiger partial charge in [0.25, 0.3) is 0 Å². The summed E-state index contributed by atoms with van der Waals surface area (Å²) in [7, 11) is 0. The molecule has 4 heteroatoms. The summed E-state index contributed by atoms with van der Waals surface area (Å²) in [5.74, 6) is 2.61. The van der Waals surface area contributed by atoms with Gasteiger partial charge in [-0.25, -0.2) is 0 Å². The highest BCUT2D eigenvalue weighted by atomic mass is 32.2. The number of aliphatic imine (C=N–C) groups is 1. The number of thioether (sulfide) groups is 1. The molecule has 1 atom stereocenters. The molecule has 0 bridgehead atoms. The van der Waals surface area contributed by atoms with Crippen LogP contribution in [0.25, 0.3) is 0 Å². The summed E-state index contributed by atoms with van der Waals surface area (Å²) in [5.41, 5.74) is 0. The molecule has 2 aliphatic heterocycles. The molecule has 0 saturated carbocycles. The molecule has 2 fully saturated rings. The van der Waals surface area contributed by atoms with Crippen molar-refractivity contribution in [2.24, 2.45) is 16.8 Å². The van der Waals surface area contributed by atoms with E-state index in [-0.39, 0.29) is 0 Å². The molecule has 3 nitrogen and oxygen atoms in total. The van der Waals surface area contributed by atoms with E-state index in [4.69, 9.17) is 9.73 Å². The van der Waals surface area contributed by atoms with Gasteiger partial charge in [-0.1, -0.05) is 25.6 Å². The molecule has 0 aromatic carbocycles. The van der Waals surface area contributed by atoms with Crippen molar-refractivity contribution in [2.45, 2.75) is 32.7 Å². The van der Waals surface area contributed by atoms with Gasteiger partial charge in [-0.05, 0) is 24.7 Å². The summed E-state index contributed by atoms with van der Waals surface area (Å²) >= 11 is 1.88. The lowest BCUT2D eigenvalue weighted by Gasteiger charge is -2.20. The lowest BCUT2D eigenvalue weighted by Crippen LogP contribution is -2.32. The molecule has 2 heterocycles. The van der Waals surface area contributed by atoms with Crippen LogP contribution in [0.2, 0.25) is 0 Å². The van der Waals surface area contributed by atoms with Gasteiger partial charge < -0.3 is 10.1 Å². The van der Waals surface area contributed by atoms with Crippen LogP contribution in [-0.2, 0) is 4.74 Å². The fourth-order valence-corrected chi connectivity index (χ4v) is 3.21. The molecule has 0 aromatic rings. The standard InChI is InChI=1S/C12H22N2OS/c1-9(2)11-8-16-12(14-11)13-7-10-3-5-15-6-4-10/h9-11H,3-8H2,1-2H3,(H,13,14). The molecule has 0 spiro atoms. The van der Waals surface area contributed by atoms with E-state index >= 15 is 0 Å². The molecule has 16 heavy (non-hydrogen) atoms. The molecule has 0 aliphatic carbocycles. The third-order valence-corrected chi connectivity index (χ3v) is 4.39. The highest BCUT2D eigenvalue weighted by molar-refractivity contribution is 8.14. The quantitative estimate of drug-likeness (QED) is 0.823. The van der Waals surface area contributed by atoms with E-state index in [9.17, 15) is 0 Å². The SMILES string of the molecule is CC(C)C1CSC(=NCC2CCOCC2)N1. The fraction of sp³-hybridized carbons (Fsp3) is 0.917. The molecule has 0 aromatic heterocycles. The second-order valence-corrected chi connectivity index (χ2v) is 6.02. The monoisotopic (exact) mass is 242 g/mol. The molecule has 0 amide bonds. The van der Waals surface area contributed by atoms with E-state index < -0.39 is 0 Å². The van der Waals surface area contributed by atoms with Gasteiger partial charge in [0.05, 0.1) is 0 Å². The van der Waals surface area contributed by atoms with Crippen LogP contribution in [0.15, 0.2) is 4.99 Å². The number of ether oxygens (including phenoxy) is 1. The molecule has 2 aliphatic rings. The second-order valence-electron chi connectivity index (χ2n) is 5.01. The van der Waals surface area contributed by atoms with Crippen molar-refractivity contribution in [1.82, 2.24) is 5.32 Å². The number of amidine groups is 1. The first-order valence-electron chi connectivity index (χ1n) is 6.27. The van der Waals surface area contributed by atoms with Crippen molar-refractivity contribution >= 4 is 16.9 Å². The van der Waals surface area contributed by atoms with Crippen molar-refractivity contribution in [3.05, 3.63) is 0 Å². The van der Waals surface area contributed by atoms with Crippen LogP contribution in [-0.4, -0.2) is 36.7 Å². The summed E-state index contributed by atoms with van der Waals surface area (Å²) < 4.78 is 5.35. The van der Waals surface area contributed by atoms with Gasteiger partial charge in [-0.2, -0.15) is 0 Å². The predicted octanol–water partition coefficient (Wildman–Crippen LogP) is 2.13. The molecule has 92 valence electrons. The van der Waals surface area contributed by atoms with Crippen LogP contribution in [0.4, 0.5) is 0 Å². The minimum absolute atomic E-state index is 0.610. The zero-order valence-electron chi connectivity index (χ0n) is 10.2. The van der Waals surface area contributed by atoms with Gasteiger partial charge in [-0.15, -0.1) is 0 Å². The van der Waals surface area contributed by atoms with E-state index in [0.717, 1.165) is 30.8 Å². The second kappa shape index (κ2) is 5.92. The normalized spacial score (nSPS) is 29.9. The van der Waals surface area contributed by atoms with E-state index in [0.29, 0.717) is 12.0 Å². The highest BCUT2D eigenvalue weighted by Crippen LogP contribution is 2.20. The summed E-state index contributed by atoms with van der Waals surface area (Å²) in [6, 6.07) is 0.610. The minimum atomic E-state index is 0.610. The van der Waals surface area contributed by atoms with Crippen molar-refractivity contribution < 1.29 is 4.74 Å². The van der Waals surface area contributed by atoms with Crippen molar-refractivity contribution in [1.29, 1.82) is 0 Å².